The molecule has 1 aromatic rings. The van der Waals surface area contributed by atoms with Gasteiger partial charge in [0.25, 0.3) is 0 Å². The number of nitrogens with one attached hydrogen (secondary N) is 1. The molecule has 2 fully saturated rings. The van der Waals surface area contributed by atoms with Crippen molar-refractivity contribution in [2.75, 3.05) is 18.5 Å². The minimum absolute atomic E-state index is 0.221. The summed E-state index contributed by atoms with van der Waals surface area (Å²) < 4.78 is 16.5. The van der Waals surface area contributed by atoms with Crippen LogP contribution in [0.1, 0.15) is 6.92 Å². The van der Waals surface area contributed by atoms with E-state index in [2.05, 4.69) is 5.32 Å². The fraction of sp³-hybridized carbons (Fsp3) is 0.650. The van der Waals surface area contributed by atoms with E-state index < -0.39 is 73.8 Å². The molecule has 12 nitrogen and oxygen atoms in total. The third-order valence-electron chi connectivity index (χ3n) is 5.39. The lowest BCUT2D eigenvalue weighted by Gasteiger charge is -2.46. The van der Waals surface area contributed by atoms with Crippen molar-refractivity contribution in [3.63, 3.8) is 0 Å². The van der Waals surface area contributed by atoms with Crippen molar-refractivity contribution < 1.29 is 54.8 Å². The molecule has 2 aliphatic heterocycles. The zero-order valence-corrected chi connectivity index (χ0v) is 18.5. The summed E-state index contributed by atoms with van der Waals surface area (Å²) in [6.07, 6.45) is -13.3. The number of aliphatic hydroxyl groups is 7. The molecule has 0 aliphatic carbocycles. The SMILES string of the molecule is CC(=O)Nc1ccc(S[C@@H]2O[C@H](CO)[C@@H](O[C@@H]3O[C@H](CO)[C@@H](O)[C@H](O)[C@H]3O)[C@H](O)[C@H]2O)cc1. The maximum absolute atomic E-state index is 11.1. The molecule has 0 radical (unpaired) electrons. The van der Waals surface area contributed by atoms with E-state index in [0.29, 0.717) is 10.6 Å². The number of ether oxygens (including phenoxy) is 3. The molecule has 0 aromatic heterocycles. The highest BCUT2D eigenvalue weighted by atomic mass is 32.2. The van der Waals surface area contributed by atoms with Crippen LogP contribution in [0.3, 0.4) is 0 Å². The van der Waals surface area contributed by atoms with Crippen molar-refractivity contribution in [2.45, 2.75) is 72.4 Å². The molecular formula is C20H29NO11S. The van der Waals surface area contributed by atoms with E-state index in [1.807, 2.05) is 0 Å². The molecule has 3 rings (SSSR count). The van der Waals surface area contributed by atoms with Gasteiger partial charge >= 0.3 is 0 Å². The normalized spacial score (nSPS) is 39.3. The predicted molar refractivity (Wildman–Crippen MR) is 113 cm³/mol. The molecule has 2 saturated heterocycles. The average Bonchev–Trinajstić information content (AvgIpc) is 2.79. The first kappa shape index (κ1) is 26.2. The van der Waals surface area contributed by atoms with E-state index in [0.717, 1.165) is 11.8 Å². The van der Waals surface area contributed by atoms with Gasteiger partial charge in [-0.15, -0.1) is 0 Å². The quantitative estimate of drug-likeness (QED) is 0.198. The molecule has 0 spiro atoms. The van der Waals surface area contributed by atoms with E-state index in [-0.39, 0.29) is 5.91 Å². The largest absolute Gasteiger partial charge is 0.394 e. The van der Waals surface area contributed by atoms with Crippen molar-refractivity contribution in [3.8, 4) is 0 Å². The molecule has 186 valence electrons. The Bertz CT molecular complexity index is 780. The highest BCUT2D eigenvalue weighted by Crippen LogP contribution is 2.36. The molecule has 1 amide bonds. The highest BCUT2D eigenvalue weighted by Gasteiger charge is 2.50. The maximum Gasteiger partial charge on any atom is 0.221 e. The molecule has 0 saturated carbocycles. The molecule has 33 heavy (non-hydrogen) atoms. The van der Waals surface area contributed by atoms with Crippen LogP contribution < -0.4 is 5.32 Å². The van der Waals surface area contributed by atoms with Crippen LogP contribution in [0.15, 0.2) is 29.2 Å². The number of thioether (sulfide) groups is 1. The van der Waals surface area contributed by atoms with E-state index in [1.54, 1.807) is 24.3 Å². The third-order valence-corrected chi connectivity index (χ3v) is 6.55. The molecule has 0 bridgehead atoms. The van der Waals surface area contributed by atoms with Crippen LogP contribution in [0.4, 0.5) is 5.69 Å². The van der Waals surface area contributed by atoms with Crippen molar-refractivity contribution >= 4 is 23.4 Å². The first-order valence-electron chi connectivity index (χ1n) is 10.3. The number of carbonyl (C=O) groups is 1. The van der Waals surface area contributed by atoms with E-state index in [9.17, 15) is 40.5 Å². The number of anilines is 1. The zero-order valence-electron chi connectivity index (χ0n) is 17.7. The van der Waals surface area contributed by atoms with Crippen molar-refractivity contribution in [2.24, 2.45) is 0 Å². The molecule has 1 aromatic carbocycles. The Balaban J connectivity index is 1.68. The lowest BCUT2D eigenvalue weighted by molar-refractivity contribution is -0.338. The van der Waals surface area contributed by atoms with Gasteiger partial charge in [-0.2, -0.15) is 0 Å². The van der Waals surface area contributed by atoms with Gasteiger partial charge in [-0.1, -0.05) is 11.8 Å². The fourth-order valence-corrected chi connectivity index (χ4v) is 4.67. The molecule has 13 heteroatoms. The van der Waals surface area contributed by atoms with Crippen LogP contribution in [-0.2, 0) is 19.0 Å². The van der Waals surface area contributed by atoms with Gasteiger partial charge in [-0.25, -0.2) is 0 Å². The van der Waals surface area contributed by atoms with Crippen LogP contribution in [0.5, 0.6) is 0 Å². The van der Waals surface area contributed by atoms with Crippen LogP contribution in [0.25, 0.3) is 0 Å². The Morgan fingerprint density at radius 1 is 0.909 bits per heavy atom. The number of aliphatic hydroxyl groups excluding tert-OH is 7. The Hall–Kier alpha value is -1.36. The van der Waals surface area contributed by atoms with E-state index >= 15 is 0 Å². The van der Waals surface area contributed by atoms with Crippen LogP contribution in [0, 0.1) is 0 Å². The first-order valence-corrected chi connectivity index (χ1v) is 11.2. The number of carbonyl (C=O) groups excluding carboxylic acids is 1. The van der Waals surface area contributed by atoms with Gasteiger partial charge in [-0.3, -0.25) is 4.79 Å². The molecular weight excluding hydrogens is 462 g/mol. The minimum Gasteiger partial charge on any atom is -0.394 e. The van der Waals surface area contributed by atoms with Gasteiger partial charge in [0, 0.05) is 17.5 Å². The number of hydrogen-bond acceptors (Lipinski definition) is 12. The number of amides is 1. The molecule has 2 aliphatic rings. The van der Waals surface area contributed by atoms with Gasteiger partial charge < -0.3 is 55.3 Å². The Kier molecular flexibility index (Phi) is 9.05. The summed E-state index contributed by atoms with van der Waals surface area (Å²) in [5.74, 6) is -0.221. The summed E-state index contributed by atoms with van der Waals surface area (Å²) in [6.45, 7) is 0.109. The van der Waals surface area contributed by atoms with Crippen LogP contribution in [0.2, 0.25) is 0 Å². The van der Waals surface area contributed by atoms with Crippen molar-refractivity contribution in [3.05, 3.63) is 24.3 Å². The summed E-state index contributed by atoms with van der Waals surface area (Å²) in [4.78, 5) is 11.8. The lowest BCUT2D eigenvalue weighted by atomic mass is 9.97. The van der Waals surface area contributed by atoms with Crippen LogP contribution >= 0.6 is 11.8 Å². The van der Waals surface area contributed by atoms with E-state index in [4.69, 9.17) is 14.2 Å². The topological polar surface area (TPSA) is 198 Å². The van der Waals surface area contributed by atoms with Crippen molar-refractivity contribution in [1.29, 1.82) is 0 Å². The lowest BCUT2D eigenvalue weighted by Crippen LogP contribution is -2.64. The molecule has 10 atom stereocenters. The smallest absolute Gasteiger partial charge is 0.221 e. The molecule has 0 unspecified atom stereocenters. The summed E-state index contributed by atoms with van der Waals surface area (Å²) in [6, 6.07) is 6.68. The maximum atomic E-state index is 11.1. The standard InChI is InChI=1S/C20H29NO11S/c1-8(24)21-9-2-4-10(5-3-9)33-20-17(29)15(27)18(12(7-23)31-20)32-19-16(28)14(26)13(25)11(6-22)30-19/h2-5,11-20,22-23,25-29H,6-7H2,1H3,(H,21,24)/t11-,12-,13-,14+,15-,16-,17-,18-,19+,20+/m1/s1. The second kappa shape index (κ2) is 11.4. The first-order chi connectivity index (χ1) is 15.7. The highest BCUT2D eigenvalue weighted by molar-refractivity contribution is 7.99. The van der Waals surface area contributed by atoms with Gasteiger partial charge in [0.05, 0.1) is 13.2 Å². The second-order valence-corrected chi connectivity index (χ2v) is 9.00. The summed E-state index contributed by atoms with van der Waals surface area (Å²) in [7, 11) is 0. The monoisotopic (exact) mass is 491 g/mol. The van der Waals surface area contributed by atoms with Crippen LogP contribution in [-0.4, -0.2) is 115 Å². The Labute approximate surface area is 193 Å². The summed E-state index contributed by atoms with van der Waals surface area (Å²) >= 11 is 1.08. The third kappa shape index (κ3) is 6.01. The number of benzene rings is 1. The Morgan fingerprint density at radius 2 is 1.55 bits per heavy atom. The van der Waals surface area contributed by atoms with Gasteiger partial charge in [0.1, 0.15) is 54.3 Å². The zero-order chi connectivity index (χ0) is 24.3. The fourth-order valence-electron chi connectivity index (χ4n) is 3.61. The van der Waals surface area contributed by atoms with Gasteiger partial charge in [0.2, 0.25) is 5.91 Å². The number of hydrogen-bond donors (Lipinski definition) is 8. The minimum atomic E-state index is -1.72. The van der Waals surface area contributed by atoms with Gasteiger partial charge in [0.15, 0.2) is 6.29 Å². The Morgan fingerprint density at radius 3 is 2.12 bits per heavy atom. The molecule has 2 heterocycles. The average molecular weight is 492 g/mol. The van der Waals surface area contributed by atoms with E-state index in [1.165, 1.54) is 6.92 Å². The number of rotatable bonds is 7. The molecule has 8 N–H and O–H groups in total. The van der Waals surface area contributed by atoms with Crippen molar-refractivity contribution in [1.82, 2.24) is 0 Å². The second-order valence-electron chi connectivity index (χ2n) is 7.83. The summed E-state index contributed by atoms with van der Waals surface area (Å²) in [5, 5.41) is 72.9. The predicted octanol–water partition coefficient (Wildman–Crippen LogP) is -2.64. The summed E-state index contributed by atoms with van der Waals surface area (Å²) in [5.41, 5.74) is -0.406. The van der Waals surface area contributed by atoms with Gasteiger partial charge in [-0.05, 0) is 24.3 Å².